The Morgan fingerprint density at radius 3 is 2.50 bits per heavy atom. The van der Waals surface area contributed by atoms with Crippen LogP contribution >= 0.6 is 0 Å². The van der Waals surface area contributed by atoms with Crippen molar-refractivity contribution in [2.45, 2.75) is 26.6 Å². The van der Waals surface area contributed by atoms with Gasteiger partial charge in [0.1, 0.15) is 12.9 Å². The number of ketones is 1. The van der Waals surface area contributed by atoms with Crippen LogP contribution in [0.2, 0.25) is 0 Å². The van der Waals surface area contributed by atoms with Crippen LogP contribution in [0.4, 0.5) is 0 Å². The maximum Gasteiger partial charge on any atom is 0.158 e. The number of rotatable bonds is 12. The fourth-order valence-electron chi connectivity index (χ4n) is 2.03. The van der Waals surface area contributed by atoms with Crippen LogP contribution in [-0.4, -0.2) is 45.6 Å². The van der Waals surface area contributed by atoms with Gasteiger partial charge in [-0.25, -0.2) is 0 Å². The number of hydrogen-bond acceptors (Lipinski definition) is 5. The first-order chi connectivity index (χ1) is 10.6. The second-order valence-electron chi connectivity index (χ2n) is 5.19. The Morgan fingerprint density at radius 2 is 1.86 bits per heavy atom. The molecule has 5 nitrogen and oxygen atoms in total. The lowest BCUT2D eigenvalue weighted by molar-refractivity contribution is -0.150. The molecule has 1 aromatic carbocycles. The molecule has 2 atom stereocenters. The highest BCUT2D eigenvalue weighted by Gasteiger charge is 2.23. The average Bonchev–Trinajstić information content (AvgIpc) is 2.51. The van der Waals surface area contributed by atoms with Crippen molar-refractivity contribution in [3.63, 3.8) is 0 Å². The summed E-state index contributed by atoms with van der Waals surface area (Å²) in [5, 5.41) is 0. The Hall–Kier alpha value is -1.27. The highest BCUT2D eigenvalue weighted by molar-refractivity contribution is 5.80. The van der Waals surface area contributed by atoms with Crippen LogP contribution in [0.3, 0.4) is 0 Å². The SMILES string of the molecule is COCCOCO[C@H](C(C)=O)[C@@H](C)COCc1ccccc1. The second kappa shape index (κ2) is 11.3. The predicted molar refractivity (Wildman–Crippen MR) is 83.5 cm³/mol. The molecular formula is C17H26O5. The molecule has 1 rings (SSSR count). The number of ether oxygens (including phenoxy) is 4. The van der Waals surface area contributed by atoms with Gasteiger partial charge in [-0.1, -0.05) is 37.3 Å². The van der Waals surface area contributed by atoms with E-state index in [1.54, 1.807) is 7.11 Å². The average molecular weight is 310 g/mol. The van der Waals surface area contributed by atoms with Crippen molar-refractivity contribution in [3.05, 3.63) is 35.9 Å². The van der Waals surface area contributed by atoms with Gasteiger partial charge < -0.3 is 18.9 Å². The molecule has 0 unspecified atom stereocenters. The van der Waals surface area contributed by atoms with Crippen LogP contribution in [0.1, 0.15) is 19.4 Å². The van der Waals surface area contributed by atoms with Crippen LogP contribution in [0.5, 0.6) is 0 Å². The van der Waals surface area contributed by atoms with Gasteiger partial charge in [0, 0.05) is 13.0 Å². The third kappa shape index (κ3) is 7.66. The van der Waals surface area contributed by atoms with Gasteiger partial charge >= 0.3 is 0 Å². The molecule has 22 heavy (non-hydrogen) atoms. The molecule has 0 fully saturated rings. The van der Waals surface area contributed by atoms with Gasteiger partial charge in [-0.15, -0.1) is 0 Å². The van der Waals surface area contributed by atoms with Crippen LogP contribution in [0, 0.1) is 5.92 Å². The van der Waals surface area contributed by atoms with Gasteiger partial charge in [0.15, 0.2) is 5.78 Å². The van der Waals surface area contributed by atoms with Crippen molar-refractivity contribution < 1.29 is 23.7 Å². The number of carbonyl (C=O) groups excluding carboxylic acids is 1. The van der Waals surface area contributed by atoms with Crippen molar-refractivity contribution >= 4 is 5.78 Å². The Balaban J connectivity index is 2.28. The zero-order valence-corrected chi connectivity index (χ0v) is 13.6. The largest absolute Gasteiger partial charge is 0.382 e. The minimum absolute atomic E-state index is 0.0221. The minimum atomic E-state index is -0.515. The van der Waals surface area contributed by atoms with Crippen molar-refractivity contribution in [1.29, 1.82) is 0 Å². The van der Waals surface area contributed by atoms with E-state index in [0.717, 1.165) is 5.56 Å². The molecule has 1 aromatic rings. The monoisotopic (exact) mass is 310 g/mol. The van der Waals surface area contributed by atoms with Gasteiger partial charge in [0.2, 0.25) is 0 Å². The molecule has 0 amide bonds. The Bertz CT molecular complexity index is 407. The standard InChI is InChI=1S/C17H26O5/c1-14(11-21-12-16-7-5-4-6-8-16)17(15(2)18)22-13-20-10-9-19-3/h4-8,14,17H,9-13H2,1-3H3/t14-,17-/m0/s1. The summed E-state index contributed by atoms with van der Waals surface area (Å²) in [5.41, 5.74) is 1.11. The first-order valence-electron chi connectivity index (χ1n) is 7.45. The number of carbonyl (C=O) groups is 1. The highest BCUT2D eigenvalue weighted by atomic mass is 16.7. The molecule has 0 N–H and O–H groups in total. The predicted octanol–water partition coefficient (Wildman–Crippen LogP) is 2.43. The molecule has 0 radical (unpaired) electrons. The van der Waals surface area contributed by atoms with Gasteiger partial charge in [-0.05, 0) is 12.5 Å². The summed E-state index contributed by atoms with van der Waals surface area (Å²) in [6.07, 6.45) is -0.515. The first-order valence-corrected chi connectivity index (χ1v) is 7.45. The van der Waals surface area contributed by atoms with E-state index in [0.29, 0.717) is 26.4 Å². The maximum absolute atomic E-state index is 11.7. The second-order valence-corrected chi connectivity index (χ2v) is 5.19. The van der Waals surface area contributed by atoms with E-state index in [1.165, 1.54) is 6.92 Å². The molecule has 0 aliphatic heterocycles. The number of benzene rings is 1. The lowest BCUT2D eigenvalue weighted by atomic mass is 10.0. The van der Waals surface area contributed by atoms with Crippen molar-refractivity contribution in [3.8, 4) is 0 Å². The van der Waals surface area contributed by atoms with Crippen molar-refractivity contribution in [2.24, 2.45) is 5.92 Å². The Morgan fingerprint density at radius 1 is 1.14 bits per heavy atom. The molecule has 0 saturated carbocycles. The maximum atomic E-state index is 11.7. The third-order valence-electron chi connectivity index (χ3n) is 3.17. The zero-order chi connectivity index (χ0) is 16.2. The van der Waals surface area contributed by atoms with E-state index < -0.39 is 6.10 Å². The molecule has 0 aliphatic rings. The van der Waals surface area contributed by atoms with Crippen LogP contribution in [0.25, 0.3) is 0 Å². The summed E-state index contributed by atoms with van der Waals surface area (Å²) in [6.45, 7) is 5.47. The Labute approximate surface area is 132 Å². The smallest absolute Gasteiger partial charge is 0.158 e. The third-order valence-corrected chi connectivity index (χ3v) is 3.17. The molecule has 0 spiro atoms. The fourth-order valence-corrected chi connectivity index (χ4v) is 2.03. The quantitative estimate of drug-likeness (QED) is 0.438. The van der Waals surface area contributed by atoms with E-state index in [4.69, 9.17) is 18.9 Å². The molecule has 5 heteroatoms. The van der Waals surface area contributed by atoms with E-state index >= 15 is 0 Å². The van der Waals surface area contributed by atoms with Crippen LogP contribution < -0.4 is 0 Å². The van der Waals surface area contributed by atoms with Gasteiger partial charge in [0.05, 0.1) is 26.4 Å². The van der Waals surface area contributed by atoms with Gasteiger partial charge in [-0.2, -0.15) is 0 Å². The molecule has 0 aliphatic carbocycles. The van der Waals surface area contributed by atoms with Gasteiger partial charge in [-0.3, -0.25) is 4.79 Å². The zero-order valence-electron chi connectivity index (χ0n) is 13.6. The molecule has 124 valence electrons. The summed E-state index contributed by atoms with van der Waals surface area (Å²) >= 11 is 0. The lowest BCUT2D eigenvalue weighted by Crippen LogP contribution is -2.33. The minimum Gasteiger partial charge on any atom is -0.382 e. The normalized spacial score (nSPS) is 13.8. The summed E-state index contributed by atoms with van der Waals surface area (Å²) in [4.78, 5) is 11.7. The fraction of sp³-hybridized carbons (Fsp3) is 0.588. The summed E-state index contributed by atoms with van der Waals surface area (Å²) in [6, 6.07) is 9.93. The molecule has 0 aromatic heterocycles. The topological polar surface area (TPSA) is 54.0 Å². The Kier molecular flexibility index (Phi) is 9.66. The van der Waals surface area contributed by atoms with E-state index in [-0.39, 0.29) is 18.5 Å². The summed E-state index contributed by atoms with van der Waals surface area (Å²) in [7, 11) is 1.61. The molecule has 0 bridgehead atoms. The van der Waals surface area contributed by atoms with Gasteiger partial charge in [0.25, 0.3) is 0 Å². The van der Waals surface area contributed by atoms with E-state index in [1.807, 2.05) is 37.3 Å². The molecule has 0 heterocycles. The highest BCUT2D eigenvalue weighted by Crippen LogP contribution is 2.11. The van der Waals surface area contributed by atoms with E-state index in [2.05, 4.69) is 0 Å². The first kappa shape index (κ1) is 18.8. The number of methoxy groups -OCH3 is 1. The van der Waals surface area contributed by atoms with Crippen molar-refractivity contribution in [2.75, 3.05) is 33.7 Å². The number of Topliss-reactive ketones (excluding diaryl/α,β-unsaturated/α-hetero) is 1. The summed E-state index contributed by atoms with van der Waals surface area (Å²) < 4.78 is 21.3. The molecule has 0 saturated heterocycles. The van der Waals surface area contributed by atoms with Crippen LogP contribution in [0.15, 0.2) is 30.3 Å². The van der Waals surface area contributed by atoms with E-state index in [9.17, 15) is 4.79 Å². The lowest BCUT2D eigenvalue weighted by Gasteiger charge is -2.22. The number of hydrogen-bond donors (Lipinski definition) is 0. The summed E-state index contributed by atoms with van der Waals surface area (Å²) in [5.74, 6) is -0.0570. The van der Waals surface area contributed by atoms with Crippen LogP contribution in [-0.2, 0) is 30.3 Å². The molecular weight excluding hydrogens is 284 g/mol. The van der Waals surface area contributed by atoms with Crippen molar-refractivity contribution in [1.82, 2.24) is 0 Å².